The van der Waals surface area contributed by atoms with Crippen LogP contribution in [-0.2, 0) is 5.41 Å². The zero-order valence-corrected chi connectivity index (χ0v) is 19.2. The van der Waals surface area contributed by atoms with Gasteiger partial charge in [0.05, 0.1) is 7.11 Å². The standard InChI is InChI=1S/C22H28N4O2.HI/c1-23-21(26-16-22(11-12-22)18-8-4-3-5-9-18)25-14-13-24-20(27)17-7-6-10-19(15-17)28-2;/h3-10,15H,11-14,16H2,1-2H3,(H,24,27)(H2,23,25,26);1H. The Bertz CT molecular complexity index is 823. The number of benzene rings is 2. The lowest BCUT2D eigenvalue weighted by molar-refractivity contribution is 0.0954. The number of hydrogen-bond donors (Lipinski definition) is 3. The molecule has 29 heavy (non-hydrogen) atoms. The lowest BCUT2D eigenvalue weighted by atomic mass is 9.96. The molecule has 1 aliphatic carbocycles. The fraction of sp³-hybridized carbons (Fsp3) is 0.364. The van der Waals surface area contributed by atoms with Crippen molar-refractivity contribution in [2.75, 3.05) is 33.8 Å². The lowest BCUT2D eigenvalue weighted by Crippen LogP contribution is -2.44. The van der Waals surface area contributed by atoms with Gasteiger partial charge in [0.1, 0.15) is 5.75 Å². The summed E-state index contributed by atoms with van der Waals surface area (Å²) in [6.07, 6.45) is 2.38. The fourth-order valence-corrected chi connectivity index (χ4v) is 3.21. The first-order valence-electron chi connectivity index (χ1n) is 9.59. The molecule has 0 unspecified atom stereocenters. The zero-order valence-electron chi connectivity index (χ0n) is 16.9. The van der Waals surface area contributed by atoms with Gasteiger partial charge in [-0.3, -0.25) is 9.79 Å². The van der Waals surface area contributed by atoms with Gasteiger partial charge in [-0.1, -0.05) is 36.4 Å². The quantitative estimate of drug-likeness (QED) is 0.222. The number of guanidine groups is 1. The topological polar surface area (TPSA) is 74.8 Å². The van der Waals surface area contributed by atoms with E-state index in [0.29, 0.717) is 24.4 Å². The average molecular weight is 508 g/mol. The first-order chi connectivity index (χ1) is 13.7. The number of amides is 1. The summed E-state index contributed by atoms with van der Waals surface area (Å²) in [5.74, 6) is 1.30. The number of carbonyl (C=O) groups excluding carboxylic acids is 1. The summed E-state index contributed by atoms with van der Waals surface area (Å²) in [6, 6.07) is 17.7. The second-order valence-electron chi connectivity index (χ2n) is 6.99. The molecule has 6 nitrogen and oxygen atoms in total. The van der Waals surface area contributed by atoms with E-state index >= 15 is 0 Å². The Balaban J connectivity index is 0.00000300. The number of methoxy groups -OCH3 is 1. The molecular formula is C22H29IN4O2. The number of nitrogens with one attached hydrogen (secondary N) is 3. The number of carbonyl (C=O) groups is 1. The van der Waals surface area contributed by atoms with E-state index in [-0.39, 0.29) is 35.3 Å². The van der Waals surface area contributed by atoms with Gasteiger partial charge in [-0.05, 0) is 36.6 Å². The smallest absolute Gasteiger partial charge is 0.251 e. The molecule has 0 saturated heterocycles. The van der Waals surface area contributed by atoms with Gasteiger partial charge < -0.3 is 20.7 Å². The molecule has 0 aliphatic heterocycles. The molecule has 0 radical (unpaired) electrons. The third-order valence-corrected chi connectivity index (χ3v) is 5.09. The number of ether oxygens (including phenoxy) is 1. The van der Waals surface area contributed by atoms with Crippen molar-refractivity contribution in [3.05, 3.63) is 65.7 Å². The molecule has 2 aromatic carbocycles. The largest absolute Gasteiger partial charge is 0.497 e. The summed E-state index contributed by atoms with van der Waals surface area (Å²) in [5, 5.41) is 9.57. The van der Waals surface area contributed by atoms with Crippen LogP contribution < -0.4 is 20.7 Å². The molecule has 156 valence electrons. The molecule has 1 saturated carbocycles. The Morgan fingerprint density at radius 1 is 1.03 bits per heavy atom. The Hall–Kier alpha value is -2.29. The first-order valence-corrected chi connectivity index (χ1v) is 9.59. The summed E-state index contributed by atoms with van der Waals surface area (Å²) in [5.41, 5.74) is 2.18. The highest BCUT2D eigenvalue weighted by molar-refractivity contribution is 14.0. The highest BCUT2D eigenvalue weighted by Gasteiger charge is 2.43. The van der Waals surface area contributed by atoms with E-state index in [4.69, 9.17) is 4.74 Å². The SMILES string of the molecule is CN=C(NCCNC(=O)c1cccc(OC)c1)NCC1(c2ccccc2)CC1.I. The summed E-state index contributed by atoms with van der Waals surface area (Å²) in [7, 11) is 3.34. The van der Waals surface area contributed by atoms with Crippen molar-refractivity contribution in [3.8, 4) is 5.75 Å². The highest BCUT2D eigenvalue weighted by atomic mass is 127. The van der Waals surface area contributed by atoms with Gasteiger partial charge in [0.2, 0.25) is 0 Å². The maximum atomic E-state index is 12.2. The van der Waals surface area contributed by atoms with Gasteiger partial charge in [-0.25, -0.2) is 0 Å². The van der Waals surface area contributed by atoms with Gasteiger partial charge in [0, 0.05) is 37.7 Å². The van der Waals surface area contributed by atoms with E-state index in [1.54, 1.807) is 32.4 Å². The van der Waals surface area contributed by atoms with Gasteiger partial charge in [0.25, 0.3) is 5.91 Å². The number of rotatable bonds is 8. The number of halogens is 1. The minimum Gasteiger partial charge on any atom is -0.497 e. The van der Waals surface area contributed by atoms with E-state index in [2.05, 4.69) is 45.2 Å². The molecule has 1 amide bonds. The summed E-state index contributed by atoms with van der Waals surface area (Å²) in [4.78, 5) is 16.5. The molecule has 0 aromatic heterocycles. The Morgan fingerprint density at radius 2 is 1.76 bits per heavy atom. The Kier molecular flexibility index (Phi) is 8.75. The predicted molar refractivity (Wildman–Crippen MR) is 127 cm³/mol. The maximum absolute atomic E-state index is 12.2. The second-order valence-corrected chi connectivity index (χ2v) is 6.99. The van der Waals surface area contributed by atoms with Crippen LogP contribution in [0.2, 0.25) is 0 Å². The Labute approximate surface area is 189 Å². The van der Waals surface area contributed by atoms with Crippen LogP contribution in [0.15, 0.2) is 59.6 Å². The molecule has 0 heterocycles. The minimum absolute atomic E-state index is 0. The molecule has 1 fully saturated rings. The molecule has 3 rings (SSSR count). The lowest BCUT2D eigenvalue weighted by Gasteiger charge is -2.19. The van der Waals surface area contributed by atoms with Crippen LogP contribution >= 0.6 is 24.0 Å². The van der Waals surface area contributed by atoms with E-state index in [0.717, 1.165) is 12.5 Å². The zero-order chi connectivity index (χ0) is 19.8. The molecular weight excluding hydrogens is 479 g/mol. The van der Waals surface area contributed by atoms with Crippen molar-refractivity contribution in [1.82, 2.24) is 16.0 Å². The van der Waals surface area contributed by atoms with E-state index < -0.39 is 0 Å². The molecule has 0 bridgehead atoms. The molecule has 7 heteroatoms. The van der Waals surface area contributed by atoms with Crippen LogP contribution in [0.1, 0.15) is 28.8 Å². The predicted octanol–water partition coefficient (Wildman–Crippen LogP) is 2.94. The Morgan fingerprint density at radius 3 is 2.41 bits per heavy atom. The normalized spacial score (nSPS) is 14.3. The van der Waals surface area contributed by atoms with Gasteiger partial charge in [0.15, 0.2) is 5.96 Å². The van der Waals surface area contributed by atoms with Crippen molar-refractivity contribution < 1.29 is 9.53 Å². The van der Waals surface area contributed by atoms with Crippen LogP contribution in [-0.4, -0.2) is 45.7 Å². The number of aliphatic imine (C=N–C) groups is 1. The van der Waals surface area contributed by atoms with Crippen molar-refractivity contribution in [3.63, 3.8) is 0 Å². The molecule has 0 atom stereocenters. The van der Waals surface area contributed by atoms with E-state index in [1.165, 1.54) is 18.4 Å². The van der Waals surface area contributed by atoms with Crippen molar-refractivity contribution in [2.24, 2.45) is 4.99 Å². The molecule has 1 aliphatic rings. The highest BCUT2D eigenvalue weighted by Crippen LogP contribution is 2.47. The van der Waals surface area contributed by atoms with Crippen LogP contribution in [0.25, 0.3) is 0 Å². The summed E-state index contributed by atoms with van der Waals surface area (Å²) >= 11 is 0. The average Bonchev–Trinajstić information content (AvgIpc) is 3.55. The first kappa shape index (κ1) is 23.0. The van der Waals surface area contributed by atoms with Gasteiger partial charge in [-0.15, -0.1) is 24.0 Å². The summed E-state index contributed by atoms with van der Waals surface area (Å²) < 4.78 is 5.15. The van der Waals surface area contributed by atoms with E-state index in [9.17, 15) is 4.79 Å². The van der Waals surface area contributed by atoms with Gasteiger partial charge in [-0.2, -0.15) is 0 Å². The molecule has 2 aromatic rings. The number of nitrogens with zero attached hydrogens (tertiary/aromatic N) is 1. The minimum atomic E-state index is -0.121. The van der Waals surface area contributed by atoms with Crippen molar-refractivity contribution >= 4 is 35.8 Å². The van der Waals surface area contributed by atoms with Crippen LogP contribution in [0.4, 0.5) is 0 Å². The second kappa shape index (κ2) is 11.0. The third-order valence-electron chi connectivity index (χ3n) is 5.09. The van der Waals surface area contributed by atoms with Crippen LogP contribution in [0.5, 0.6) is 5.75 Å². The van der Waals surface area contributed by atoms with E-state index in [1.807, 2.05) is 12.1 Å². The number of hydrogen-bond acceptors (Lipinski definition) is 3. The molecule has 3 N–H and O–H groups in total. The van der Waals surface area contributed by atoms with Crippen molar-refractivity contribution in [2.45, 2.75) is 18.3 Å². The maximum Gasteiger partial charge on any atom is 0.251 e. The summed E-state index contributed by atoms with van der Waals surface area (Å²) in [6.45, 7) is 1.95. The van der Waals surface area contributed by atoms with Crippen molar-refractivity contribution in [1.29, 1.82) is 0 Å². The van der Waals surface area contributed by atoms with Crippen LogP contribution in [0.3, 0.4) is 0 Å². The van der Waals surface area contributed by atoms with Crippen LogP contribution in [0, 0.1) is 0 Å². The fourth-order valence-electron chi connectivity index (χ4n) is 3.21. The monoisotopic (exact) mass is 508 g/mol. The third kappa shape index (κ3) is 6.35. The van der Waals surface area contributed by atoms with Gasteiger partial charge >= 0.3 is 0 Å². The molecule has 0 spiro atoms.